The molecule has 3 amide bonds. The van der Waals surface area contributed by atoms with E-state index in [1.165, 1.54) is 0 Å². The minimum atomic E-state index is -0.575. The minimum absolute atomic E-state index is 0.0183. The van der Waals surface area contributed by atoms with Crippen molar-refractivity contribution >= 4 is 17.8 Å². The summed E-state index contributed by atoms with van der Waals surface area (Å²) in [5.41, 5.74) is 1.43. The molecule has 10 heteroatoms. The lowest BCUT2D eigenvalue weighted by atomic mass is 10.0. The van der Waals surface area contributed by atoms with Crippen LogP contribution in [0.1, 0.15) is 55.9 Å². The van der Waals surface area contributed by atoms with Gasteiger partial charge in [0, 0.05) is 50.1 Å². The van der Waals surface area contributed by atoms with Crippen LogP contribution in [-0.2, 0) is 16.8 Å². The highest BCUT2D eigenvalue weighted by Gasteiger charge is 2.47. The van der Waals surface area contributed by atoms with Gasteiger partial charge in [-0.15, -0.1) is 0 Å². The number of aromatic amines is 1. The van der Waals surface area contributed by atoms with Crippen LogP contribution < -0.4 is 5.32 Å². The monoisotopic (exact) mass is 481 g/mol. The van der Waals surface area contributed by atoms with Gasteiger partial charge in [0.2, 0.25) is 0 Å². The maximum absolute atomic E-state index is 13.8. The number of hydrogen-bond donors (Lipinski definition) is 2. The topological polar surface area (TPSA) is 107 Å². The molecule has 35 heavy (non-hydrogen) atoms. The number of carbonyl (C=O) groups is 2. The van der Waals surface area contributed by atoms with Crippen molar-refractivity contribution in [2.45, 2.75) is 58.3 Å². The molecule has 5 rings (SSSR count). The first kappa shape index (κ1) is 23.7. The molecule has 0 bridgehead atoms. The van der Waals surface area contributed by atoms with Crippen LogP contribution in [0, 0.1) is 5.92 Å². The fraction of sp³-hybridized carbons (Fsp3) is 0.600. The third-order valence-corrected chi connectivity index (χ3v) is 7.71. The van der Waals surface area contributed by atoms with Crippen LogP contribution in [0.15, 0.2) is 24.4 Å². The molecule has 2 aromatic rings. The van der Waals surface area contributed by atoms with Crippen LogP contribution in [0.5, 0.6) is 0 Å². The minimum Gasteiger partial charge on any atom is -0.381 e. The number of urea groups is 1. The van der Waals surface area contributed by atoms with Gasteiger partial charge in [-0.1, -0.05) is 6.07 Å². The Morgan fingerprint density at radius 2 is 2.06 bits per heavy atom. The van der Waals surface area contributed by atoms with Crippen LogP contribution in [0.2, 0.25) is 0 Å². The lowest BCUT2D eigenvalue weighted by molar-refractivity contribution is 0.0274. The Balaban J connectivity index is 1.28. The first-order valence-electron chi connectivity index (χ1n) is 12.5. The number of pyridine rings is 1. The van der Waals surface area contributed by atoms with Gasteiger partial charge in [-0.05, 0) is 52.2 Å². The normalized spacial score (nSPS) is 26.1. The van der Waals surface area contributed by atoms with E-state index < -0.39 is 5.54 Å². The summed E-state index contributed by atoms with van der Waals surface area (Å²) in [5.74, 6) is 0.708. The van der Waals surface area contributed by atoms with Gasteiger partial charge in [0.15, 0.2) is 5.82 Å². The van der Waals surface area contributed by atoms with Crippen molar-refractivity contribution in [2.24, 2.45) is 5.92 Å². The van der Waals surface area contributed by atoms with Crippen LogP contribution in [0.25, 0.3) is 0 Å². The van der Waals surface area contributed by atoms with Gasteiger partial charge in [0.1, 0.15) is 5.69 Å². The fourth-order valence-electron chi connectivity index (χ4n) is 5.53. The maximum atomic E-state index is 13.8. The average Bonchev–Trinajstić information content (AvgIpc) is 3.55. The number of nitrogens with zero attached hydrogens (tertiary/aromatic N) is 5. The molecular formula is C25H35N7O3. The summed E-state index contributed by atoms with van der Waals surface area (Å²) in [5, 5.41) is 10.3. The molecular weight excluding hydrogens is 446 g/mol. The smallest absolute Gasteiger partial charge is 0.321 e. The van der Waals surface area contributed by atoms with E-state index >= 15 is 0 Å². The average molecular weight is 482 g/mol. The third-order valence-electron chi connectivity index (χ3n) is 7.71. The number of fused-ring (bicyclic) bond motifs is 1. The summed E-state index contributed by atoms with van der Waals surface area (Å²) < 4.78 is 5.56. The highest BCUT2D eigenvalue weighted by atomic mass is 16.5. The molecule has 3 atom stereocenters. The standard InChI is InChI=1S/C25H35N7O3/c1-16-12-31(17(2)11-30(16)13-18-8-10-35-15-18)24(34)32-14-19-21(25(32,3)4)28-29-22(19)27-23(33)20-7-5-6-9-26-20/h5-7,9,16-18H,8,10-15H2,1-4H3,(H2,27,28,29,33)/t16-,17+,18?/m1/s1. The second-order valence-corrected chi connectivity index (χ2v) is 10.6. The summed E-state index contributed by atoms with van der Waals surface area (Å²) in [6.45, 7) is 13.0. The zero-order chi connectivity index (χ0) is 24.7. The molecule has 2 aromatic heterocycles. The number of aromatic nitrogens is 3. The van der Waals surface area contributed by atoms with Gasteiger partial charge >= 0.3 is 6.03 Å². The Bertz CT molecular complexity index is 1080. The Labute approximate surface area is 206 Å². The Kier molecular flexibility index (Phi) is 6.27. The van der Waals surface area contributed by atoms with Gasteiger partial charge in [-0.2, -0.15) is 5.10 Å². The highest BCUT2D eigenvalue weighted by molar-refractivity contribution is 6.02. The Hall–Kier alpha value is -2.98. The van der Waals surface area contributed by atoms with Crippen molar-refractivity contribution in [3.8, 4) is 0 Å². The molecule has 3 aliphatic heterocycles. The predicted octanol–water partition coefficient (Wildman–Crippen LogP) is 2.66. The van der Waals surface area contributed by atoms with Gasteiger partial charge in [-0.25, -0.2) is 4.79 Å². The molecule has 3 aliphatic rings. The molecule has 1 unspecified atom stereocenters. The number of piperazine rings is 1. The van der Waals surface area contributed by atoms with Crippen molar-refractivity contribution in [3.63, 3.8) is 0 Å². The number of carbonyl (C=O) groups excluding carboxylic acids is 2. The van der Waals surface area contributed by atoms with Crippen molar-refractivity contribution in [2.75, 3.05) is 38.2 Å². The first-order chi connectivity index (χ1) is 16.8. The van der Waals surface area contributed by atoms with E-state index in [0.717, 1.165) is 44.0 Å². The van der Waals surface area contributed by atoms with E-state index in [1.807, 2.05) is 23.6 Å². The molecule has 0 radical (unpaired) electrons. The molecule has 2 saturated heterocycles. The van der Waals surface area contributed by atoms with Crippen molar-refractivity contribution in [1.82, 2.24) is 29.9 Å². The summed E-state index contributed by atoms with van der Waals surface area (Å²) in [6.07, 6.45) is 2.70. The molecule has 0 saturated carbocycles. The number of ether oxygens (including phenoxy) is 1. The van der Waals surface area contributed by atoms with Crippen molar-refractivity contribution in [3.05, 3.63) is 41.3 Å². The van der Waals surface area contributed by atoms with E-state index in [0.29, 0.717) is 30.5 Å². The highest BCUT2D eigenvalue weighted by Crippen LogP contribution is 2.41. The molecule has 188 valence electrons. The van der Waals surface area contributed by atoms with Crippen molar-refractivity contribution < 1.29 is 14.3 Å². The quantitative estimate of drug-likeness (QED) is 0.695. The van der Waals surface area contributed by atoms with Gasteiger partial charge in [0.25, 0.3) is 5.91 Å². The largest absolute Gasteiger partial charge is 0.381 e. The van der Waals surface area contributed by atoms with Crippen LogP contribution >= 0.6 is 0 Å². The van der Waals surface area contributed by atoms with Gasteiger partial charge in [-0.3, -0.25) is 19.8 Å². The number of amides is 3. The van der Waals surface area contributed by atoms with Gasteiger partial charge < -0.3 is 19.9 Å². The molecule has 0 aliphatic carbocycles. The number of H-pyrrole nitrogens is 1. The zero-order valence-corrected chi connectivity index (χ0v) is 21.0. The van der Waals surface area contributed by atoms with E-state index in [1.54, 1.807) is 24.4 Å². The maximum Gasteiger partial charge on any atom is 0.321 e. The summed E-state index contributed by atoms with van der Waals surface area (Å²) in [6, 6.07) is 5.60. The zero-order valence-electron chi connectivity index (χ0n) is 21.0. The number of anilines is 1. The first-order valence-corrected chi connectivity index (χ1v) is 12.5. The van der Waals surface area contributed by atoms with Crippen LogP contribution in [-0.4, -0.2) is 86.8 Å². The van der Waals surface area contributed by atoms with Crippen LogP contribution in [0.3, 0.4) is 0 Å². The lowest BCUT2D eigenvalue weighted by Gasteiger charge is -2.47. The molecule has 10 nitrogen and oxygen atoms in total. The van der Waals surface area contributed by atoms with E-state index in [4.69, 9.17) is 4.74 Å². The second-order valence-electron chi connectivity index (χ2n) is 10.6. The molecule has 0 aromatic carbocycles. The second kappa shape index (κ2) is 9.23. The van der Waals surface area contributed by atoms with Crippen LogP contribution in [0.4, 0.5) is 10.6 Å². The predicted molar refractivity (Wildman–Crippen MR) is 131 cm³/mol. The Morgan fingerprint density at radius 3 is 2.77 bits per heavy atom. The molecule has 5 heterocycles. The number of hydrogen-bond acceptors (Lipinski definition) is 6. The Morgan fingerprint density at radius 1 is 1.23 bits per heavy atom. The molecule has 2 fully saturated rings. The third kappa shape index (κ3) is 4.40. The number of nitrogens with one attached hydrogen (secondary N) is 2. The van der Waals surface area contributed by atoms with Gasteiger partial charge in [0.05, 0.1) is 24.4 Å². The molecule has 0 spiro atoms. The summed E-state index contributed by atoms with van der Waals surface area (Å²) in [7, 11) is 0. The number of rotatable bonds is 4. The van der Waals surface area contributed by atoms with E-state index in [9.17, 15) is 9.59 Å². The lowest BCUT2D eigenvalue weighted by Crippen LogP contribution is -2.62. The van der Waals surface area contributed by atoms with E-state index in [-0.39, 0.29) is 24.0 Å². The SMILES string of the molecule is C[C@@H]1CN(C(=O)N2Cc3c(NC(=O)c4ccccn4)n[nH]c3C2(C)C)[C@@H](C)CN1CC1CCOC1. The van der Waals surface area contributed by atoms with E-state index in [2.05, 4.69) is 39.2 Å². The molecule has 2 N–H and O–H groups in total. The summed E-state index contributed by atoms with van der Waals surface area (Å²) >= 11 is 0. The fourth-order valence-corrected chi connectivity index (χ4v) is 5.53. The van der Waals surface area contributed by atoms with Crippen molar-refractivity contribution in [1.29, 1.82) is 0 Å². The summed E-state index contributed by atoms with van der Waals surface area (Å²) in [4.78, 5) is 37.0.